The SMILES string of the molecule is CC(c1ccc2c(c1)CCCN2)c1nc2ccccc2[nH]1.Cl. The molecule has 0 saturated heterocycles. The largest absolute Gasteiger partial charge is 0.385 e. The molecule has 0 bridgehead atoms. The van der Waals surface area contributed by atoms with Crippen LogP contribution < -0.4 is 5.32 Å². The van der Waals surface area contributed by atoms with Crippen LogP contribution in [0.2, 0.25) is 0 Å². The molecule has 114 valence electrons. The molecule has 1 unspecified atom stereocenters. The number of imidazole rings is 1. The molecule has 2 heterocycles. The molecule has 4 rings (SSSR count). The highest BCUT2D eigenvalue weighted by molar-refractivity contribution is 5.85. The number of para-hydroxylation sites is 2. The number of aromatic amines is 1. The molecule has 2 aromatic carbocycles. The summed E-state index contributed by atoms with van der Waals surface area (Å²) in [6.45, 7) is 3.31. The van der Waals surface area contributed by atoms with Gasteiger partial charge in [-0.3, -0.25) is 0 Å². The summed E-state index contributed by atoms with van der Waals surface area (Å²) < 4.78 is 0. The Morgan fingerprint density at radius 3 is 2.86 bits per heavy atom. The van der Waals surface area contributed by atoms with Gasteiger partial charge in [0.25, 0.3) is 0 Å². The second-order valence-electron chi connectivity index (χ2n) is 5.81. The topological polar surface area (TPSA) is 40.7 Å². The number of nitrogens with one attached hydrogen (secondary N) is 2. The number of rotatable bonds is 2. The molecule has 22 heavy (non-hydrogen) atoms. The van der Waals surface area contributed by atoms with E-state index >= 15 is 0 Å². The van der Waals surface area contributed by atoms with E-state index in [-0.39, 0.29) is 18.3 Å². The van der Waals surface area contributed by atoms with Gasteiger partial charge in [0.05, 0.1) is 11.0 Å². The number of aromatic nitrogens is 2. The third-order valence-corrected chi connectivity index (χ3v) is 4.39. The molecule has 1 atom stereocenters. The van der Waals surface area contributed by atoms with Gasteiger partial charge in [-0.05, 0) is 42.2 Å². The van der Waals surface area contributed by atoms with Gasteiger partial charge in [0.1, 0.15) is 5.82 Å². The Labute approximate surface area is 136 Å². The number of anilines is 1. The summed E-state index contributed by atoms with van der Waals surface area (Å²) in [7, 11) is 0. The van der Waals surface area contributed by atoms with Crippen molar-refractivity contribution in [2.24, 2.45) is 0 Å². The monoisotopic (exact) mass is 313 g/mol. The zero-order valence-corrected chi connectivity index (χ0v) is 13.4. The standard InChI is InChI=1S/C18H19N3.ClH/c1-12(18-20-16-6-2-3-7-17(16)21-18)13-8-9-15-14(11-13)5-4-10-19-15;/h2-3,6-9,11-12,19H,4-5,10H2,1H3,(H,20,21);1H. The lowest BCUT2D eigenvalue weighted by atomic mass is 9.94. The van der Waals surface area contributed by atoms with E-state index in [1.165, 1.54) is 29.7 Å². The minimum Gasteiger partial charge on any atom is -0.385 e. The van der Waals surface area contributed by atoms with Crippen LogP contribution in [0.15, 0.2) is 42.5 Å². The van der Waals surface area contributed by atoms with E-state index < -0.39 is 0 Å². The van der Waals surface area contributed by atoms with Gasteiger partial charge in [0.15, 0.2) is 0 Å². The van der Waals surface area contributed by atoms with Crippen molar-refractivity contribution < 1.29 is 0 Å². The van der Waals surface area contributed by atoms with E-state index in [1.54, 1.807) is 0 Å². The average Bonchev–Trinajstić information content (AvgIpc) is 2.97. The van der Waals surface area contributed by atoms with Crippen molar-refractivity contribution >= 4 is 29.1 Å². The lowest BCUT2D eigenvalue weighted by Gasteiger charge is -2.20. The third-order valence-electron chi connectivity index (χ3n) is 4.39. The summed E-state index contributed by atoms with van der Waals surface area (Å²) in [5, 5.41) is 3.47. The molecule has 1 aromatic heterocycles. The Morgan fingerprint density at radius 1 is 1.14 bits per heavy atom. The van der Waals surface area contributed by atoms with Gasteiger partial charge < -0.3 is 10.3 Å². The van der Waals surface area contributed by atoms with Crippen LogP contribution >= 0.6 is 12.4 Å². The second-order valence-corrected chi connectivity index (χ2v) is 5.81. The molecule has 4 heteroatoms. The van der Waals surface area contributed by atoms with Gasteiger partial charge in [-0.1, -0.05) is 31.2 Å². The minimum absolute atomic E-state index is 0. The Balaban J connectivity index is 0.00000144. The summed E-state index contributed by atoms with van der Waals surface area (Å²) in [5.74, 6) is 1.32. The lowest BCUT2D eigenvalue weighted by molar-refractivity contribution is 0.811. The zero-order chi connectivity index (χ0) is 14.2. The van der Waals surface area contributed by atoms with Gasteiger partial charge in [-0.15, -0.1) is 12.4 Å². The number of hydrogen-bond acceptors (Lipinski definition) is 2. The summed E-state index contributed by atoms with van der Waals surface area (Å²) >= 11 is 0. The van der Waals surface area contributed by atoms with Crippen LogP contribution in [-0.2, 0) is 6.42 Å². The highest BCUT2D eigenvalue weighted by Crippen LogP contribution is 2.29. The quantitative estimate of drug-likeness (QED) is 0.731. The summed E-state index contributed by atoms with van der Waals surface area (Å²) in [6.07, 6.45) is 2.39. The maximum absolute atomic E-state index is 4.73. The van der Waals surface area contributed by atoms with E-state index in [4.69, 9.17) is 4.98 Å². The Bertz CT molecular complexity index is 761. The van der Waals surface area contributed by atoms with E-state index in [9.17, 15) is 0 Å². The van der Waals surface area contributed by atoms with Crippen LogP contribution in [0.3, 0.4) is 0 Å². The molecule has 1 aliphatic rings. The number of hydrogen-bond donors (Lipinski definition) is 2. The predicted molar refractivity (Wildman–Crippen MR) is 94.1 cm³/mol. The first-order chi connectivity index (χ1) is 10.3. The number of fused-ring (bicyclic) bond motifs is 2. The van der Waals surface area contributed by atoms with Crippen molar-refractivity contribution in [2.75, 3.05) is 11.9 Å². The molecular formula is C18H20ClN3. The van der Waals surface area contributed by atoms with Gasteiger partial charge in [-0.2, -0.15) is 0 Å². The van der Waals surface area contributed by atoms with Crippen molar-refractivity contribution in [1.29, 1.82) is 0 Å². The van der Waals surface area contributed by atoms with Crippen molar-refractivity contribution in [3.05, 3.63) is 59.4 Å². The van der Waals surface area contributed by atoms with Gasteiger partial charge in [-0.25, -0.2) is 4.98 Å². The highest BCUT2D eigenvalue weighted by Gasteiger charge is 2.16. The van der Waals surface area contributed by atoms with Gasteiger partial charge >= 0.3 is 0 Å². The van der Waals surface area contributed by atoms with Crippen LogP contribution in [0.1, 0.15) is 36.2 Å². The highest BCUT2D eigenvalue weighted by atomic mass is 35.5. The average molecular weight is 314 g/mol. The molecule has 3 nitrogen and oxygen atoms in total. The first-order valence-corrected chi connectivity index (χ1v) is 7.62. The first-order valence-electron chi connectivity index (χ1n) is 7.62. The lowest BCUT2D eigenvalue weighted by Crippen LogP contribution is -2.12. The predicted octanol–water partition coefficient (Wildman–Crippen LogP) is 4.49. The molecule has 0 aliphatic carbocycles. The van der Waals surface area contributed by atoms with E-state index in [2.05, 4.69) is 47.6 Å². The minimum atomic E-state index is 0. The Kier molecular flexibility index (Phi) is 4.08. The fourth-order valence-electron chi connectivity index (χ4n) is 3.10. The van der Waals surface area contributed by atoms with Crippen LogP contribution in [0.4, 0.5) is 5.69 Å². The van der Waals surface area contributed by atoms with Crippen LogP contribution in [0, 0.1) is 0 Å². The molecule has 0 spiro atoms. The number of benzene rings is 2. The molecule has 3 aromatic rings. The molecule has 2 N–H and O–H groups in total. The van der Waals surface area contributed by atoms with E-state index in [0.29, 0.717) is 0 Å². The fourth-order valence-corrected chi connectivity index (χ4v) is 3.10. The van der Waals surface area contributed by atoms with Crippen LogP contribution in [0.5, 0.6) is 0 Å². The maximum Gasteiger partial charge on any atom is 0.114 e. The van der Waals surface area contributed by atoms with E-state index in [1.807, 2.05) is 12.1 Å². The Morgan fingerprint density at radius 2 is 2.00 bits per heavy atom. The number of halogens is 1. The van der Waals surface area contributed by atoms with Crippen molar-refractivity contribution in [3.8, 4) is 0 Å². The molecule has 0 amide bonds. The Hall–Kier alpha value is -2.00. The third kappa shape index (κ3) is 2.57. The van der Waals surface area contributed by atoms with Crippen molar-refractivity contribution in [1.82, 2.24) is 9.97 Å². The summed E-state index contributed by atoms with van der Waals surface area (Å²) in [5.41, 5.74) is 6.21. The number of H-pyrrole nitrogens is 1. The van der Waals surface area contributed by atoms with Gasteiger partial charge in [0.2, 0.25) is 0 Å². The molecule has 0 fully saturated rings. The molecule has 1 aliphatic heterocycles. The van der Waals surface area contributed by atoms with Gasteiger partial charge in [0, 0.05) is 18.2 Å². The second kappa shape index (κ2) is 6.01. The normalized spacial score (nSPS) is 14.8. The number of aryl methyl sites for hydroxylation is 1. The van der Waals surface area contributed by atoms with Crippen molar-refractivity contribution in [2.45, 2.75) is 25.7 Å². The smallest absolute Gasteiger partial charge is 0.114 e. The summed E-state index contributed by atoms with van der Waals surface area (Å²) in [4.78, 5) is 8.18. The zero-order valence-electron chi connectivity index (χ0n) is 12.6. The van der Waals surface area contributed by atoms with Crippen LogP contribution in [-0.4, -0.2) is 16.5 Å². The fraction of sp³-hybridized carbons (Fsp3) is 0.278. The molecule has 0 saturated carbocycles. The maximum atomic E-state index is 4.73. The van der Waals surface area contributed by atoms with E-state index in [0.717, 1.165) is 23.4 Å². The molecular weight excluding hydrogens is 294 g/mol. The number of nitrogens with zero attached hydrogens (tertiary/aromatic N) is 1. The summed E-state index contributed by atoms with van der Waals surface area (Å²) in [6, 6.07) is 15.0. The van der Waals surface area contributed by atoms with Crippen LogP contribution in [0.25, 0.3) is 11.0 Å². The first kappa shape index (κ1) is 14.9. The molecule has 0 radical (unpaired) electrons. The van der Waals surface area contributed by atoms with Crippen molar-refractivity contribution in [3.63, 3.8) is 0 Å².